The summed E-state index contributed by atoms with van der Waals surface area (Å²) in [6, 6.07) is 19.0. The molecule has 3 aromatic carbocycles. The average Bonchev–Trinajstić information content (AvgIpc) is 3.15. The molecule has 1 amide bonds. The molecule has 0 aliphatic carbocycles. The summed E-state index contributed by atoms with van der Waals surface area (Å²) in [6.07, 6.45) is 1.82. The number of carbonyl (C=O) groups is 1. The summed E-state index contributed by atoms with van der Waals surface area (Å²) in [4.78, 5) is 17.7. The Morgan fingerprint density at radius 1 is 1.06 bits per heavy atom. The lowest BCUT2D eigenvalue weighted by atomic mass is 10.1. The molecule has 1 N–H and O–H groups in total. The number of hydrogen-bond acceptors (Lipinski definition) is 5. The first kappa shape index (κ1) is 23.0. The van der Waals surface area contributed by atoms with Crippen molar-refractivity contribution in [1.29, 1.82) is 0 Å². The standard InChI is InChI=1S/C26H23ClN2O3S/c1-16-5-4-6-21(17(16)2)28-26-29-25(30)24(33-26)14-19-9-12-22(23(13-19)31-3)32-15-18-7-10-20(27)11-8-18/h4-14H,15H2,1-3H3,(H,28,29,30). The van der Waals surface area contributed by atoms with Gasteiger partial charge in [0, 0.05) is 5.02 Å². The van der Waals surface area contributed by atoms with E-state index in [0.717, 1.165) is 27.9 Å². The molecular formula is C26H23ClN2O3S. The summed E-state index contributed by atoms with van der Waals surface area (Å²) in [5, 5.41) is 4.09. The third-order valence-electron chi connectivity index (χ3n) is 5.24. The molecule has 0 saturated carbocycles. The van der Waals surface area contributed by atoms with E-state index in [1.165, 1.54) is 11.8 Å². The third-order valence-corrected chi connectivity index (χ3v) is 6.40. The van der Waals surface area contributed by atoms with Gasteiger partial charge in [-0.3, -0.25) is 4.79 Å². The summed E-state index contributed by atoms with van der Waals surface area (Å²) in [6.45, 7) is 4.46. The second kappa shape index (κ2) is 10.1. The van der Waals surface area contributed by atoms with E-state index in [1.54, 1.807) is 7.11 Å². The lowest BCUT2D eigenvalue weighted by Gasteiger charge is -2.11. The normalized spacial score (nSPS) is 15.7. The fourth-order valence-corrected chi connectivity index (χ4v) is 4.19. The second-order valence-electron chi connectivity index (χ2n) is 7.53. The van der Waals surface area contributed by atoms with Crippen molar-refractivity contribution < 1.29 is 14.3 Å². The molecule has 0 bridgehead atoms. The quantitative estimate of drug-likeness (QED) is 0.414. The van der Waals surface area contributed by atoms with E-state index in [0.29, 0.717) is 33.2 Å². The second-order valence-corrected chi connectivity index (χ2v) is 8.99. The Kier molecular flexibility index (Phi) is 7.06. The maximum absolute atomic E-state index is 12.5. The van der Waals surface area contributed by atoms with E-state index in [-0.39, 0.29) is 5.91 Å². The van der Waals surface area contributed by atoms with Crippen molar-refractivity contribution in [3.05, 3.63) is 92.8 Å². The van der Waals surface area contributed by atoms with Gasteiger partial charge in [0.1, 0.15) is 6.61 Å². The summed E-state index contributed by atoms with van der Waals surface area (Å²) in [7, 11) is 1.59. The van der Waals surface area contributed by atoms with Crippen LogP contribution < -0.4 is 14.8 Å². The number of amides is 1. The highest BCUT2D eigenvalue weighted by atomic mass is 35.5. The predicted molar refractivity (Wildman–Crippen MR) is 135 cm³/mol. The first-order valence-electron chi connectivity index (χ1n) is 10.3. The van der Waals surface area contributed by atoms with Crippen LogP contribution in [0.3, 0.4) is 0 Å². The van der Waals surface area contributed by atoms with Gasteiger partial charge in [-0.2, -0.15) is 0 Å². The Bertz CT molecular complexity index is 1250. The number of aryl methyl sites for hydroxylation is 1. The van der Waals surface area contributed by atoms with Gasteiger partial charge in [0.25, 0.3) is 5.91 Å². The number of halogens is 1. The van der Waals surface area contributed by atoms with Crippen molar-refractivity contribution in [3.63, 3.8) is 0 Å². The Labute approximate surface area is 202 Å². The van der Waals surface area contributed by atoms with Gasteiger partial charge in [-0.05, 0) is 84.3 Å². The number of nitrogens with one attached hydrogen (secondary N) is 1. The molecule has 0 radical (unpaired) electrons. The molecule has 33 heavy (non-hydrogen) atoms. The topological polar surface area (TPSA) is 59.9 Å². The number of hydrogen-bond donors (Lipinski definition) is 1. The average molecular weight is 479 g/mol. The van der Waals surface area contributed by atoms with Crippen LogP contribution in [0, 0.1) is 13.8 Å². The predicted octanol–water partition coefficient (Wildman–Crippen LogP) is 6.44. The van der Waals surface area contributed by atoms with E-state index < -0.39 is 0 Å². The van der Waals surface area contributed by atoms with Crippen LogP contribution in [0.15, 0.2) is 70.6 Å². The van der Waals surface area contributed by atoms with Crippen LogP contribution >= 0.6 is 23.4 Å². The number of aliphatic imine (C=N–C) groups is 1. The zero-order valence-electron chi connectivity index (χ0n) is 18.5. The highest BCUT2D eigenvalue weighted by Gasteiger charge is 2.24. The van der Waals surface area contributed by atoms with Crippen LogP contribution in [-0.2, 0) is 11.4 Å². The van der Waals surface area contributed by atoms with Gasteiger partial charge < -0.3 is 14.8 Å². The van der Waals surface area contributed by atoms with Crippen LogP contribution in [0.1, 0.15) is 22.3 Å². The number of nitrogens with zero attached hydrogens (tertiary/aromatic N) is 1. The Balaban J connectivity index is 1.50. The Morgan fingerprint density at radius 3 is 2.61 bits per heavy atom. The van der Waals surface area contributed by atoms with Crippen LogP contribution in [-0.4, -0.2) is 18.2 Å². The first-order chi connectivity index (χ1) is 15.9. The molecule has 168 valence electrons. The van der Waals surface area contributed by atoms with E-state index in [1.807, 2.05) is 80.6 Å². The van der Waals surface area contributed by atoms with Crippen LogP contribution in [0.25, 0.3) is 6.08 Å². The molecule has 0 spiro atoms. The summed E-state index contributed by atoms with van der Waals surface area (Å²) in [5.41, 5.74) is 4.94. The van der Waals surface area contributed by atoms with Crippen molar-refractivity contribution in [3.8, 4) is 11.5 Å². The summed E-state index contributed by atoms with van der Waals surface area (Å²) in [5.74, 6) is 1.03. The maximum Gasteiger partial charge on any atom is 0.264 e. The molecule has 4 rings (SSSR count). The molecule has 3 aromatic rings. The molecule has 1 fully saturated rings. The van der Waals surface area contributed by atoms with Crippen molar-refractivity contribution in [2.24, 2.45) is 4.99 Å². The van der Waals surface area contributed by atoms with Crippen molar-refractivity contribution in [1.82, 2.24) is 5.32 Å². The molecule has 5 nitrogen and oxygen atoms in total. The fourth-order valence-electron chi connectivity index (χ4n) is 3.23. The molecule has 7 heteroatoms. The number of rotatable bonds is 6. The molecule has 0 unspecified atom stereocenters. The Hall–Kier alpha value is -3.22. The van der Waals surface area contributed by atoms with Gasteiger partial charge in [0.2, 0.25) is 0 Å². The van der Waals surface area contributed by atoms with Crippen LogP contribution in [0.2, 0.25) is 5.02 Å². The SMILES string of the molecule is COc1cc(C=C2SC(=Nc3cccc(C)c3C)NC2=O)ccc1OCc1ccc(Cl)cc1. The molecule has 0 aromatic heterocycles. The fraction of sp³-hybridized carbons (Fsp3) is 0.154. The van der Waals surface area contributed by atoms with Crippen molar-refractivity contribution in [2.45, 2.75) is 20.5 Å². The Morgan fingerprint density at radius 2 is 1.85 bits per heavy atom. The summed E-state index contributed by atoms with van der Waals surface area (Å²) < 4.78 is 11.4. The smallest absolute Gasteiger partial charge is 0.264 e. The molecular weight excluding hydrogens is 456 g/mol. The number of carbonyl (C=O) groups excluding carboxylic acids is 1. The zero-order valence-corrected chi connectivity index (χ0v) is 20.1. The van der Waals surface area contributed by atoms with E-state index in [4.69, 9.17) is 21.1 Å². The van der Waals surface area contributed by atoms with Gasteiger partial charge in [-0.15, -0.1) is 0 Å². The lowest BCUT2D eigenvalue weighted by Crippen LogP contribution is -2.19. The molecule has 1 aliphatic rings. The number of ether oxygens (including phenoxy) is 2. The molecule has 1 heterocycles. The van der Waals surface area contributed by atoms with E-state index in [2.05, 4.69) is 10.3 Å². The molecule has 1 saturated heterocycles. The maximum atomic E-state index is 12.5. The van der Waals surface area contributed by atoms with Crippen molar-refractivity contribution in [2.75, 3.05) is 7.11 Å². The van der Waals surface area contributed by atoms with Gasteiger partial charge in [0.15, 0.2) is 16.7 Å². The lowest BCUT2D eigenvalue weighted by molar-refractivity contribution is -0.115. The van der Waals surface area contributed by atoms with Crippen LogP contribution in [0.4, 0.5) is 5.69 Å². The minimum absolute atomic E-state index is 0.175. The number of benzene rings is 3. The number of amidine groups is 1. The highest BCUT2D eigenvalue weighted by molar-refractivity contribution is 8.18. The van der Waals surface area contributed by atoms with Gasteiger partial charge in [-0.1, -0.05) is 41.9 Å². The highest BCUT2D eigenvalue weighted by Crippen LogP contribution is 2.33. The zero-order chi connectivity index (χ0) is 23.4. The third kappa shape index (κ3) is 5.59. The summed E-state index contributed by atoms with van der Waals surface area (Å²) >= 11 is 7.25. The van der Waals surface area contributed by atoms with E-state index in [9.17, 15) is 4.79 Å². The number of thioether (sulfide) groups is 1. The minimum Gasteiger partial charge on any atom is -0.493 e. The van der Waals surface area contributed by atoms with Gasteiger partial charge in [-0.25, -0.2) is 4.99 Å². The molecule has 1 aliphatic heterocycles. The van der Waals surface area contributed by atoms with E-state index >= 15 is 0 Å². The van der Waals surface area contributed by atoms with Gasteiger partial charge in [0.05, 0.1) is 17.7 Å². The van der Waals surface area contributed by atoms with Crippen LogP contribution in [0.5, 0.6) is 11.5 Å². The first-order valence-corrected chi connectivity index (χ1v) is 11.5. The minimum atomic E-state index is -0.175. The van der Waals surface area contributed by atoms with Gasteiger partial charge >= 0.3 is 0 Å². The van der Waals surface area contributed by atoms with Crippen molar-refractivity contribution >= 4 is 46.2 Å². The monoisotopic (exact) mass is 478 g/mol. The largest absolute Gasteiger partial charge is 0.493 e. The molecule has 0 atom stereocenters. The number of methoxy groups -OCH3 is 1.